The summed E-state index contributed by atoms with van der Waals surface area (Å²) in [6.07, 6.45) is 4.42. The number of ether oxygens (including phenoxy) is 2. The van der Waals surface area contributed by atoms with E-state index in [-0.39, 0.29) is 23.6 Å². The third-order valence-corrected chi connectivity index (χ3v) is 7.68. The minimum atomic E-state index is -3.74. The molecule has 0 bridgehead atoms. The van der Waals surface area contributed by atoms with Gasteiger partial charge in [0.15, 0.2) is 5.76 Å². The molecule has 1 unspecified atom stereocenters. The number of rotatable bonds is 9. The van der Waals surface area contributed by atoms with Crippen molar-refractivity contribution in [1.82, 2.24) is 9.71 Å². The number of oxazole rings is 1. The van der Waals surface area contributed by atoms with Crippen molar-refractivity contribution >= 4 is 21.7 Å². The van der Waals surface area contributed by atoms with Crippen LogP contribution in [0.2, 0.25) is 0 Å². The first-order valence-electron chi connectivity index (χ1n) is 12.2. The fourth-order valence-corrected chi connectivity index (χ4v) is 5.36. The van der Waals surface area contributed by atoms with Crippen molar-refractivity contribution in [2.24, 2.45) is 0 Å². The van der Waals surface area contributed by atoms with Crippen molar-refractivity contribution < 1.29 is 22.3 Å². The second-order valence-electron chi connectivity index (χ2n) is 8.80. The minimum Gasteiger partial charge on any atom is -0.495 e. The summed E-state index contributed by atoms with van der Waals surface area (Å²) in [5.41, 5.74) is 3.47. The van der Waals surface area contributed by atoms with Gasteiger partial charge in [-0.05, 0) is 54.7 Å². The minimum absolute atomic E-state index is 0.106. The van der Waals surface area contributed by atoms with Gasteiger partial charge in [0.1, 0.15) is 5.75 Å². The molecule has 5 rings (SSSR count). The van der Waals surface area contributed by atoms with Crippen molar-refractivity contribution in [1.29, 1.82) is 0 Å². The Hall–Kier alpha value is -3.66. The highest BCUT2D eigenvalue weighted by atomic mass is 32.2. The standard InChI is InChI=1S/C28H29N3O5S/c1-34-26-14-13-24(37(32,33)30-18-23-12-5-6-15-35-23)17-25(26)31-28-29-19-27(36-28)22-11-7-10-21(16-22)20-8-3-2-4-9-20/h2-4,7-11,13-14,16-17,19,23,30H,5-6,12,15,18H2,1H3,(H,29,31). The first-order chi connectivity index (χ1) is 18.0. The number of aromatic nitrogens is 1. The van der Waals surface area contributed by atoms with Crippen molar-refractivity contribution in [2.75, 3.05) is 25.6 Å². The highest BCUT2D eigenvalue weighted by Gasteiger charge is 2.21. The summed E-state index contributed by atoms with van der Waals surface area (Å²) in [5, 5.41) is 3.06. The molecule has 0 spiro atoms. The lowest BCUT2D eigenvalue weighted by molar-refractivity contribution is 0.0200. The van der Waals surface area contributed by atoms with Crippen LogP contribution in [0.25, 0.3) is 22.5 Å². The molecule has 1 saturated heterocycles. The summed E-state index contributed by atoms with van der Waals surface area (Å²) in [6.45, 7) is 0.903. The van der Waals surface area contributed by atoms with E-state index in [1.807, 2.05) is 42.5 Å². The second-order valence-corrected chi connectivity index (χ2v) is 10.6. The largest absolute Gasteiger partial charge is 0.495 e. The molecule has 1 aliphatic rings. The maximum absolute atomic E-state index is 12.9. The van der Waals surface area contributed by atoms with Gasteiger partial charge < -0.3 is 19.2 Å². The molecule has 192 valence electrons. The molecule has 0 aliphatic carbocycles. The number of nitrogens with one attached hydrogen (secondary N) is 2. The van der Waals surface area contributed by atoms with E-state index in [9.17, 15) is 8.42 Å². The molecule has 4 aromatic rings. The van der Waals surface area contributed by atoms with Crippen molar-refractivity contribution in [3.8, 4) is 28.2 Å². The van der Waals surface area contributed by atoms with Crippen LogP contribution in [-0.4, -0.2) is 39.8 Å². The molecule has 0 amide bonds. The fraction of sp³-hybridized carbons (Fsp3) is 0.250. The van der Waals surface area contributed by atoms with E-state index in [2.05, 4.69) is 27.2 Å². The quantitative estimate of drug-likeness (QED) is 0.296. The normalized spacial score (nSPS) is 15.9. The Balaban J connectivity index is 1.34. The predicted molar refractivity (Wildman–Crippen MR) is 142 cm³/mol. The Kier molecular flexibility index (Phi) is 7.55. The first-order valence-corrected chi connectivity index (χ1v) is 13.7. The van der Waals surface area contributed by atoms with Crippen LogP contribution in [0.5, 0.6) is 5.75 Å². The van der Waals surface area contributed by atoms with Gasteiger partial charge in [-0.1, -0.05) is 48.5 Å². The molecule has 9 heteroatoms. The number of hydrogen-bond donors (Lipinski definition) is 2. The van der Waals surface area contributed by atoms with Gasteiger partial charge in [0.25, 0.3) is 6.01 Å². The lowest BCUT2D eigenvalue weighted by Crippen LogP contribution is -2.35. The Morgan fingerprint density at radius 1 is 0.973 bits per heavy atom. The van der Waals surface area contributed by atoms with E-state index in [0.717, 1.165) is 36.0 Å². The zero-order valence-electron chi connectivity index (χ0n) is 20.5. The van der Waals surface area contributed by atoms with E-state index in [0.29, 0.717) is 23.8 Å². The molecule has 2 heterocycles. The summed E-state index contributed by atoms with van der Waals surface area (Å²) in [7, 11) is -2.23. The van der Waals surface area contributed by atoms with E-state index < -0.39 is 10.0 Å². The average molecular weight is 520 g/mol. The van der Waals surface area contributed by atoms with Crippen LogP contribution in [0.3, 0.4) is 0 Å². The molecule has 1 aliphatic heterocycles. The van der Waals surface area contributed by atoms with Crippen molar-refractivity contribution in [2.45, 2.75) is 30.3 Å². The van der Waals surface area contributed by atoms with Gasteiger partial charge >= 0.3 is 0 Å². The molecule has 1 atom stereocenters. The highest BCUT2D eigenvalue weighted by molar-refractivity contribution is 7.89. The molecule has 1 fully saturated rings. The Bertz CT molecular complexity index is 1450. The third kappa shape index (κ3) is 6.02. The van der Waals surface area contributed by atoms with E-state index in [1.54, 1.807) is 12.3 Å². The zero-order chi connectivity index (χ0) is 25.7. The lowest BCUT2D eigenvalue weighted by atomic mass is 10.0. The van der Waals surface area contributed by atoms with E-state index in [4.69, 9.17) is 13.9 Å². The number of anilines is 2. The summed E-state index contributed by atoms with van der Waals surface area (Å²) in [6, 6.07) is 22.9. The molecule has 0 radical (unpaired) electrons. The van der Waals surface area contributed by atoms with E-state index in [1.165, 1.54) is 19.2 Å². The zero-order valence-corrected chi connectivity index (χ0v) is 21.3. The number of hydrogen-bond acceptors (Lipinski definition) is 7. The monoisotopic (exact) mass is 519 g/mol. The van der Waals surface area contributed by atoms with Crippen LogP contribution >= 0.6 is 0 Å². The summed E-state index contributed by atoms with van der Waals surface area (Å²) >= 11 is 0. The second kappa shape index (κ2) is 11.2. The van der Waals surface area contributed by atoms with Gasteiger partial charge in [0, 0.05) is 18.7 Å². The molecule has 3 aromatic carbocycles. The van der Waals surface area contributed by atoms with Crippen molar-refractivity contribution in [3.63, 3.8) is 0 Å². The highest BCUT2D eigenvalue weighted by Crippen LogP contribution is 2.32. The van der Waals surface area contributed by atoms with Gasteiger partial charge in [-0.15, -0.1) is 0 Å². The van der Waals surface area contributed by atoms with Gasteiger partial charge in [-0.3, -0.25) is 0 Å². The Morgan fingerprint density at radius 2 is 1.78 bits per heavy atom. The van der Waals surface area contributed by atoms with Crippen LogP contribution in [-0.2, 0) is 14.8 Å². The van der Waals surface area contributed by atoms with Gasteiger partial charge in [-0.2, -0.15) is 0 Å². The first kappa shape index (κ1) is 25.0. The predicted octanol–water partition coefficient (Wildman–Crippen LogP) is 5.61. The Labute approximate surface area is 216 Å². The summed E-state index contributed by atoms with van der Waals surface area (Å²) < 4.78 is 45.6. The Morgan fingerprint density at radius 3 is 2.57 bits per heavy atom. The number of nitrogens with zero attached hydrogens (tertiary/aromatic N) is 1. The number of sulfonamides is 1. The third-order valence-electron chi connectivity index (χ3n) is 6.26. The maximum atomic E-state index is 12.9. The van der Waals surface area contributed by atoms with E-state index >= 15 is 0 Å². The van der Waals surface area contributed by atoms with Gasteiger partial charge in [-0.25, -0.2) is 18.1 Å². The summed E-state index contributed by atoms with van der Waals surface area (Å²) in [5.74, 6) is 1.04. The average Bonchev–Trinajstić information content (AvgIpc) is 3.42. The molecule has 0 saturated carbocycles. The van der Waals surface area contributed by atoms with Gasteiger partial charge in [0.05, 0.1) is 30.0 Å². The smallest absolute Gasteiger partial charge is 0.299 e. The molecule has 8 nitrogen and oxygen atoms in total. The number of benzene rings is 3. The fourth-order valence-electron chi connectivity index (χ4n) is 4.27. The van der Waals surface area contributed by atoms with Crippen LogP contribution in [0.15, 0.2) is 88.3 Å². The SMILES string of the molecule is COc1ccc(S(=O)(=O)NCC2CCCCO2)cc1Nc1ncc(-c2cccc(-c3ccccc3)c2)o1. The lowest BCUT2D eigenvalue weighted by Gasteiger charge is -2.22. The summed E-state index contributed by atoms with van der Waals surface area (Å²) in [4.78, 5) is 4.45. The van der Waals surface area contributed by atoms with Crippen LogP contribution in [0, 0.1) is 0 Å². The molecule has 1 aromatic heterocycles. The van der Waals surface area contributed by atoms with Crippen LogP contribution < -0.4 is 14.8 Å². The molecular formula is C28H29N3O5S. The molecular weight excluding hydrogens is 490 g/mol. The molecule has 2 N–H and O–H groups in total. The topological polar surface area (TPSA) is 103 Å². The number of methoxy groups -OCH3 is 1. The van der Waals surface area contributed by atoms with Crippen LogP contribution in [0.4, 0.5) is 11.7 Å². The molecule has 37 heavy (non-hydrogen) atoms. The van der Waals surface area contributed by atoms with Gasteiger partial charge in [0.2, 0.25) is 10.0 Å². The maximum Gasteiger partial charge on any atom is 0.299 e. The van der Waals surface area contributed by atoms with Crippen molar-refractivity contribution in [3.05, 3.63) is 79.0 Å². The van der Waals surface area contributed by atoms with Crippen LogP contribution in [0.1, 0.15) is 19.3 Å².